The van der Waals surface area contributed by atoms with Crippen LogP contribution in [0.3, 0.4) is 0 Å². The summed E-state index contributed by atoms with van der Waals surface area (Å²) in [5, 5.41) is 6.58. The van der Waals surface area contributed by atoms with Gasteiger partial charge >= 0.3 is 0 Å². The van der Waals surface area contributed by atoms with Crippen LogP contribution in [0.15, 0.2) is 24.3 Å². The van der Waals surface area contributed by atoms with Crippen molar-refractivity contribution in [2.45, 2.75) is 44.2 Å². The normalized spacial score (nSPS) is 20.7. The predicted molar refractivity (Wildman–Crippen MR) is 94.9 cm³/mol. The van der Waals surface area contributed by atoms with E-state index in [1.165, 1.54) is 11.3 Å². The van der Waals surface area contributed by atoms with Crippen LogP contribution in [-0.4, -0.2) is 35.4 Å². The van der Waals surface area contributed by atoms with E-state index in [1.54, 1.807) is 0 Å². The summed E-state index contributed by atoms with van der Waals surface area (Å²) in [4.78, 5) is 28.3. The fourth-order valence-corrected chi connectivity index (χ4v) is 3.90. The first-order valence-electron chi connectivity index (χ1n) is 8.31. The number of para-hydroxylation sites is 1. The Hall–Kier alpha value is -1.99. The number of nitrogens with one attached hydrogen (secondary N) is 2. The van der Waals surface area contributed by atoms with Crippen LogP contribution in [0.1, 0.15) is 41.9 Å². The minimum absolute atomic E-state index is 0.0134. The summed E-state index contributed by atoms with van der Waals surface area (Å²) in [7, 11) is 0. The van der Waals surface area contributed by atoms with Gasteiger partial charge in [-0.2, -0.15) is 0 Å². The van der Waals surface area contributed by atoms with E-state index in [-0.39, 0.29) is 23.9 Å². The highest BCUT2D eigenvalue weighted by Gasteiger charge is 2.24. The summed E-state index contributed by atoms with van der Waals surface area (Å²) >= 11 is 1.42. The summed E-state index contributed by atoms with van der Waals surface area (Å²) < 4.78 is 1.02. The second kappa shape index (κ2) is 7.72. The number of carbonyl (C=O) groups excluding carboxylic acids is 2. The summed E-state index contributed by atoms with van der Waals surface area (Å²) in [6.07, 6.45) is 3.85. The third-order valence-electron chi connectivity index (χ3n) is 4.29. The molecule has 1 aromatic carbocycles. The van der Waals surface area contributed by atoms with Crippen LogP contribution in [0.25, 0.3) is 10.2 Å². The fraction of sp³-hybridized carbons (Fsp3) is 0.471. The van der Waals surface area contributed by atoms with E-state index in [9.17, 15) is 9.59 Å². The molecule has 1 fully saturated rings. The Morgan fingerprint density at radius 1 is 1.12 bits per heavy atom. The molecule has 0 atom stereocenters. The molecular formula is C17H22N4O2S. The van der Waals surface area contributed by atoms with Gasteiger partial charge in [-0.15, -0.1) is 11.3 Å². The maximum absolute atomic E-state index is 12.4. The van der Waals surface area contributed by atoms with Crippen molar-refractivity contribution in [3.8, 4) is 0 Å². The highest BCUT2D eigenvalue weighted by Crippen LogP contribution is 2.23. The molecule has 2 aromatic rings. The minimum Gasteiger partial charge on any atom is -0.353 e. The number of hydrogen-bond donors (Lipinski definition) is 3. The SMILES string of the molecule is NCCC(=O)NC1CCC(NC(=O)c2nc3ccccc3s2)CC1. The molecule has 3 rings (SSSR count). The van der Waals surface area contributed by atoms with Crippen molar-refractivity contribution >= 4 is 33.4 Å². The number of benzene rings is 1. The third kappa shape index (κ3) is 4.10. The van der Waals surface area contributed by atoms with Gasteiger partial charge in [-0.05, 0) is 37.8 Å². The average Bonchev–Trinajstić information content (AvgIpc) is 3.01. The zero-order valence-corrected chi connectivity index (χ0v) is 14.3. The zero-order valence-electron chi connectivity index (χ0n) is 13.5. The van der Waals surface area contributed by atoms with Crippen LogP contribution in [0, 0.1) is 0 Å². The summed E-state index contributed by atoms with van der Waals surface area (Å²) in [6, 6.07) is 8.09. The van der Waals surface area contributed by atoms with E-state index in [0.29, 0.717) is 18.0 Å². The number of fused-ring (bicyclic) bond motifs is 1. The van der Waals surface area contributed by atoms with Crippen molar-refractivity contribution in [1.82, 2.24) is 15.6 Å². The van der Waals surface area contributed by atoms with Crippen molar-refractivity contribution < 1.29 is 9.59 Å². The molecule has 2 amide bonds. The Bertz CT molecular complexity index is 689. The maximum Gasteiger partial charge on any atom is 0.280 e. The Labute approximate surface area is 144 Å². The van der Waals surface area contributed by atoms with Crippen LogP contribution >= 0.6 is 11.3 Å². The first-order chi connectivity index (χ1) is 11.7. The lowest BCUT2D eigenvalue weighted by Gasteiger charge is -2.29. The number of nitrogens with two attached hydrogens (primary N) is 1. The lowest BCUT2D eigenvalue weighted by atomic mass is 9.91. The highest BCUT2D eigenvalue weighted by atomic mass is 32.1. The van der Waals surface area contributed by atoms with Gasteiger partial charge in [-0.3, -0.25) is 9.59 Å². The van der Waals surface area contributed by atoms with E-state index in [4.69, 9.17) is 5.73 Å². The maximum atomic E-state index is 12.4. The van der Waals surface area contributed by atoms with Gasteiger partial charge in [0.15, 0.2) is 5.01 Å². The quantitative estimate of drug-likeness (QED) is 0.769. The largest absolute Gasteiger partial charge is 0.353 e. The Morgan fingerprint density at radius 3 is 2.46 bits per heavy atom. The fourth-order valence-electron chi connectivity index (χ4n) is 3.03. The Kier molecular flexibility index (Phi) is 5.42. The van der Waals surface area contributed by atoms with E-state index < -0.39 is 0 Å². The standard InChI is InChI=1S/C17H22N4O2S/c18-10-9-15(22)19-11-5-7-12(8-6-11)20-16(23)17-21-13-3-1-2-4-14(13)24-17/h1-4,11-12H,5-10,18H2,(H,19,22)(H,20,23). The predicted octanol–water partition coefficient (Wildman–Crippen LogP) is 1.80. The number of amides is 2. The third-order valence-corrected chi connectivity index (χ3v) is 5.32. The topological polar surface area (TPSA) is 97.1 Å². The molecule has 1 aliphatic carbocycles. The monoisotopic (exact) mass is 346 g/mol. The highest BCUT2D eigenvalue weighted by molar-refractivity contribution is 7.20. The second-order valence-corrected chi connectivity index (χ2v) is 7.15. The molecule has 0 unspecified atom stereocenters. The first kappa shape index (κ1) is 16.9. The molecule has 0 bridgehead atoms. The van der Waals surface area contributed by atoms with Crippen molar-refractivity contribution in [3.05, 3.63) is 29.3 Å². The van der Waals surface area contributed by atoms with Gasteiger partial charge in [0, 0.05) is 25.0 Å². The molecule has 1 heterocycles. The van der Waals surface area contributed by atoms with Crippen molar-refractivity contribution in [2.24, 2.45) is 5.73 Å². The molecule has 128 valence electrons. The average molecular weight is 346 g/mol. The van der Waals surface area contributed by atoms with Gasteiger partial charge in [0.25, 0.3) is 5.91 Å². The minimum atomic E-state index is -0.105. The summed E-state index contributed by atoms with van der Waals surface area (Å²) in [5.74, 6) is -0.0914. The number of aromatic nitrogens is 1. The van der Waals surface area contributed by atoms with E-state index >= 15 is 0 Å². The van der Waals surface area contributed by atoms with E-state index in [1.807, 2.05) is 24.3 Å². The van der Waals surface area contributed by atoms with Crippen LogP contribution < -0.4 is 16.4 Å². The molecular weight excluding hydrogens is 324 g/mol. The van der Waals surface area contributed by atoms with Gasteiger partial charge in [0.05, 0.1) is 10.2 Å². The Balaban J connectivity index is 1.50. The molecule has 0 aliphatic heterocycles. The molecule has 0 radical (unpaired) electrons. The molecule has 4 N–H and O–H groups in total. The summed E-state index contributed by atoms with van der Waals surface area (Å²) in [5.41, 5.74) is 6.24. The molecule has 24 heavy (non-hydrogen) atoms. The van der Waals surface area contributed by atoms with Gasteiger partial charge in [-0.25, -0.2) is 4.98 Å². The number of hydrogen-bond acceptors (Lipinski definition) is 5. The summed E-state index contributed by atoms with van der Waals surface area (Å²) in [6.45, 7) is 0.374. The van der Waals surface area contributed by atoms with Crippen LogP contribution in [0.4, 0.5) is 0 Å². The number of thiazole rings is 1. The molecule has 0 saturated heterocycles. The molecule has 1 aromatic heterocycles. The molecule has 1 aliphatic rings. The van der Waals surface area contributed by atoms with Crippen LogP contribution in [-0.2, 0) is 4.79 Å². The van der Waals surface area contributed by atoms with Gasteiger partial charge < -0.3 is 16.4 Å². The van der Waals surface area contributed by atoms with Crippen molar-refractivity contribution in [2.75, 3.05) is 6.54 Å². The smallest absolute Gasteiger partial charge is 0.280 e. The van der Waals surface area contributed by atoms with Gasteiger partial charge in [-0.1, -0.05) is 12.1 Å². The number of nitrogens with zero attached hydrogens (tertiary/aromatic N) is 1. The second-order valence-electron chi connectivity index (χ2n) is 6.11. The number of carbonyl (C=O) groups is 2. The lowest BCUT2D eigenvalue weighted by Crippen LogP contribution is -2.44. The van der Waals surface area contributed by atoms with Crippen LogP contribution in [0.5, 0.6) is 0 Å². The number of rotatable bonds is 5. The van der Waals surface area contributed by atoms with Crippen molar-refractivity contribution in [3.63, 3.8) is 0 Å². The lowest BCUT2D eigenvalue weighted by molar-refractivity contribution is -0.121. The van der Waals surface area contributed by atoms with E-state index in [0.717, 1.165) is 35.9 Å². The Morgan fingerprint density at radius 2 is 1.79 bits per heavy atom. The van der Waals surface area contributed by atoms with Crippen LogP contribution in [0.2, 0.25) is 0 Å². The zero-order chi connectivity index (χ0) is 16.9. The van der Waals surface area contributed by atoms with Gasteiger partial charge in [0.1, 0.15) is 0 Å². The van der Waals surface area contributed by atoms with E-state index in [2.05, 4.69) is 15.6 Å². The van der Waals surface area contributed by atoms with Crippen molar-refractivity contribution in [1.29, 1.82) is 0 Å². The first-order valence-corrected chi connectivity index (χ1v) is 9.13. The molecule has 7 heteroatoms. The molecule has 0 spiro atoms. The molecule has 6 nitrogen and oxygen atoms in total. The molecule has 1 saturated carbocycles. The van der Waals surface area contributed by atoms with Gasteiger partial charge in [0.2, 0.25) is 5.91 Å².